The Kier molecular flexibility index (Phi) is 126. The van der Waals surface area contributed by atoms with E-state index in [0.717, 1.165) is 70.3 Å². The zero-order chi connectivity index (χ0) is 108. The maximum Gasteiger partial charge on any atom is 0.315 e. The number of ether oxygens (including phenoxy) is 40. The minimum Gasteiger partial charge on any atom is -0.437 e. The topological polar surface area (TPSA) is 417 Å². The Morgan fingerprint density at radius 2 is 0.200 bits per heavy atom. The van der Waals surface area contributed by atoms with Crippen LogP contribution >= 0.6 is 0 Å². The molecule has 1 unspecified atom stereocenters. The second-order valence-corrected chi connectivity index (χ2v) is 52.4. The third-order valence-electron chi connectivity index (χ3n) is 19.3. The highest BCUT2D eigenvalue weighted by molar-refractivity contribution is 6.89. The first-order valence-electron chi connectivity index (χ1n) is 55.5. The zero-order valence-corrected chi connectivity index (χ0v) is 98.8. The number of hydrogen-bond donors (Lipinski definition) is 1. The summed E-state index contributed by atoms with van der Waals surface area (Å²) in [5.41, 5.74) is 0. The first-order chi connectivity index (χ1) is 73.7. The fraction of sp³-hybridized carbons (Fsp3) is 1.00. The van der Waals surface area contributed by atoms with E-state index in [0.29, 0.717) is 535 Å². The van der Waals surface area contributed by atoms with Crippen molar-refractivity contribution in [3.05, 3.63) is 0 Å². The standard InChI is InChI=1S/C102H214O44Si4/c1-147(2,3)144-149(7,8)146-150(9,145-148(4,5)6)102-20-41-114-43-45-116-47-49-118-51-53-120-55-57-122-59-61-124-63-65-126-67-69-128-71-73-130-75-77-132-79-81-134-83-85-136-87-89-138-91-93-140-95-97-142-99-101-143-100-98-141-96-94-139-92-90-137-88-86-135-84-82-133-80-78-131-76-74-129-72-70-127-68-66-125-64-62-123-60-58-121-56-54-119-52-50-117-48-46-115-44-42-113-40-19-39-112-38-18-37-111-36-17-35-110-34-16-33-109-32-15-31-108-30-14-29-107-28-13-27-106-26-12-25-105-24-11-23-104-22-10-21-103/h103H,10-102H2,1-9H3. The van der Waals surface area contributed by atoms with Gasteiger partial charge >= 0.3 is 17.1 Å². The molecule has 0 aliphatic carbocycles. The molecule has 0 amide bonds. The molecule has 0 aromatic carbocycles. The largest absolute Gasteiger partial charge is 0.437 e. The fourth-order valence-corrected chi connectivity index (χ4v) is 30.6. The lowest BCUT2D eigenvalue weighted by Gasteiger charge is -2.41. The summed E-state index contributed by atoms with van der Waals surface area (Å²) in [4.78, 5) is 0. The number of aliphatic hydroxyl groups excluding tert-OH is 1. The van der Waals surface area contributed by atoms with E-state index in [1.807, 2.05) is 0 Å². The molecule has 1 N–H and O–H groups in total. The van der Waals surface area contributed by atoms with Crippen molar-refractivity contribution in [3.63, 3.8) is 0 Å². The SMILES string of the molecule is C[Si](C)(C)O[Si](C)(C)O[Si](C)(CCCOCCOCCOCCOCCOCCOCCOCCOCCOCCOCCOCCOCCOCCOCCOCCOCCOCCOCCOCCOCCOCCOCCOCCOCCOCCOCCOCCOCCOCCOCCOCCCOCCCOCCCOCCCOCCCOCCCOCCCOCCCOCCCOCCCO)O[Si](C)(C)C. The van der Waals surface area contributed by atoms with Gasteiger partial charge in [-0.25, -0.2) is 0 Å². The van der Waals surface area contributed by atoms with E-state index in [2.05, 4.69) is 58.9 Å². The predicted molar refractivity (Wildman–Crippen MR) is 574 cm³/mol. The van der Waals surface area contributed by atoms with Crippen LogP contribution in [0.4, 0.5) is 0 Å². The number of hydrogen-bond acceptors (Lipinski definition) is 44. The van der Waals surface area contributed by atoms with Gasteiger partial charge in [0.1, 0.15) is 0 Å². The minimum absolute atomic E-state index is 0.170. The first-order valence-corrected chi connectivity index (χ1v) is 67.6. The zero-order valence-electron chi connectivity index (χ0n) is 94.8. The molecule has 0 spiro atoms. The van der Waals surface area contributed by atoms with Crippen LogP contribution in [0.2, 0.25) is 65.0 Å². The molecule has 0 aliphatic heterocycles. The van der Waals surface area contributed by atoms with E-state index in [4.69, 9.17) is 207 Å². The van der Waals surface area contributed by atoms with Crippen LogP contribution in [0.25, 0.3) is 0 Å². The summed E-state index contributed by atoms with van der Waals surface area (Å²) in [5, 5.41) is 8.72. The third-order valence-corrected chi connectivity index (χ3v) is 32.8. The predicted octanol–water partition coefficient (Wildman–Crippen LogP) is 8.43. The highest BCUT2D eigenvalue weighted by atomic mass is 28.5. The Balaban J connectivity index is 3.16. The van der Waals surface area contributed by atoms with Crippen molar-refractivity contribution in [3.8, 4) is 0 Å². The van der Waals surface area contributed by atoms with Crippen molar-refractivity contribution in [2.24, 2.45) is 0 Å². The first kappa shape index (κ1) is 149. The highest BCUT2D eigenvalue weighted by Crippen LogP contribution is 2.28. The normalized spacial score (nSPS) is 12.7. The lowest BCUT2D eigenvalue weighted by atomic mass is 10.4. The van der Waals surface area contributed by atoms with Gasteiger partial charge in [0.15, 0.2) is 16.6 Å². The Morgan fingerprint density at radius 1 is 0.107 bits per heavy atom. The van der Waals surface area contributed by atoms with E-state index in [1.165, 1.54) is 0 Å². The van der Waals surface area contributed by atoms with Crippen molar-refractivity contribution in [2.45, 2.75) is 136 Å². The second kappa shape index (κ2) is 127. The van der Waals surface area contributed by atoms with Crippen LogP contribution in [0.3, 0.4) is 0 Å². The van der Waals surface area contributed by atoms with Crippen molar-refractivity contribution >= 4 is 33.8 Å². The summed E-state index contributed by atoms with van der Waals surface area (Å²) in [6.45, 7) is 62.4. The molecular weight excluding hydrogens is 2040 g/mol. The molecule has 0 radical (unpaired) electrons. The van der Waals surface area contributed by atoms with Gasteiger partial charge in [-0.1, -0.05) is 0 Å². The molecule has 44 nitrogen and oxygen atoms in total. The van der Waals surface area contributed by atoms with Crippen LogP contribution in [-0.4, -0.2) is 574 Å². The van der Waals surface area contributed by atoms with Gasteiger partial charge in [-0.2, -0.15) is 0 Å². The molecule has 0 aliphatic rings. The molecule has 0 aromatic rings. The van der Waals surface area contributed by atoms with Crippen LogP contribution in [0, 0.1) is 0 Å². The van der Waals surface area contributed by atoms with Gasteiger partial charge in [-0.05, 0) is 136 Å². The van der Waals surface area contributed by atoms with Crippen LogP contribution in [0.5, 0.6) is 0 Å². The summed E-state index contributed by atoms with van der Waals surface area (Å²) in [6, 6.07) is 0.876. The maximum absolute atomic E-state index is 8.72. The molecule has 0 saturated carbocycles. The Hall–Kier alpha value is -0.892. The quantitative estimate of drug-likeness (QED) is 0.0440. The van der Waals surface area contributed by atoms with E-state index in [9.17, 15) is 0 Å². The van der Waals surface area contributed by atoms with E-state index >= 15 is 0 Å². The van der Waals surface area contributed by atoms with Crippen LogP contribution < -0.4 is 0 Å². The maximum atomic E-state index is 8.72. The van der Waals surface area contributed by atoms with E-state index in [1.54, 1.807) is 0 Å². The van der Waals surface area contributed by atoms with Gasteiger partial charge in [0.25, 0.3) is 0 Å². The van der Waals surface area contributed by atoms with Crippen molar-refractivity contribution < 1.29 is 207 Å². The molecule has 0 saturated heterocycles. The summed E-state index contributed by atoms with van der Waals surface area (Å²) < 4.78 is 244. The minimum atomic E-state index is -2.42. The average molecular weight is 2260 g/mol. The molecule has 902 valence electrons. The molecular formula is C102H214O44Si4. The van der Waals surface area contributed by atoms with E-state index < -0.39 is 33.8 Å². The molecule has 1 atom stereocenters. The Morgan fingerprint density at radius 3 is 0.307 bits per heavy atom. The van der Waals surface area contributed by atoms with Gasteiger partial charge in [-0.15, -0.1) is 0 Å². The molecule has 0 aromatic heterocycles. The smallest absolute Gasteiger partial charge is 0.315 e. The molecule has 48 heteroatoms. The summed E-state index contributed by atoms with van der Waals surface area (Å²) in [5.74, 6) is 0. The van der Waals surface area contributed by atoms with Crippen LogP contribution in [0.1, 0.15) is 70.6 Å². The molecule has 0 heterocycles. The number of aliphatic hydroxyl groups is 1. The lowest BCUT2D eigenvalue weighted by Crippen LogP contribution is -2.56. The fourth-order valence-electron chi connectivity index (χ4n) is 12.7. The van der Waals surface area contributed by atoms with Crippen LogP contribution in [-0.2, 0) is 202 Å². The summed E-state index contributed by atoms with van der Waals surface area (Å²) >= 11 is 0. The molecule has 0 rings (SSSR count). The Bertz CT molecular complexity index is 2300. The third kappa shape index (κ3) is 136. The molecule has 0 bridgehead atoms. The summed E-state index contributed by atoms with van der Waals surface area (Å²) in [7, 11) is -8.24. The molecule has 150 heavy (non-hydrogen) atoms. The van der Waals surface area contributed by atoms with Crippen molar-refractivity contribution in [1.82, 2.24) is 0 Å². The van der Waals surface area contributed by atoms with Gasteiger partial charge < -0.3 is 207 Å². The average Bonchev–Trinajstić information content (AvgIpc) is 0.818. The lowest BCUT2D eigenvalue weighted by molar-refractivity contribution is -0.0325. The van der Waals surface area contributed by atoms with E-state index in [-0.39, 0.29) is 6.61 Å². The van der Waals surface area contributed by atoms with Gasteiger partial charge in [0.2, 0.25) is 0 Å². The molecule has 0 fully saturated rings. The number of rotatable bonds is 139. The van der Waals surface area contributed by atoms with Crippen LogP contribution in [0.15, 0.2) is 0 Å². The van der Waals surface area contributed by atoms with Crippen molar-refractivity contribution in [2.75, 3.05) is 535 Å². The second-order valence-electron chi connectivity index (χ2n) is 35.9. The Labute approximate surface area is 907 Å². The monoisotopic (exact) mass is 2260 g/mol. The van der Waals surface area contributed by atoms with Gasteiger partial charge in [-0.3, -0.25) is 0 Å². The van der Waals surface area contributed by atoms with Gasteiger partial charge in [0, 0.05) is 139 Å². The van der Waals surface area contributed by atoms with Crippen molar-refractivity contribution in [1.29, 1.82) is 0 Å². The highest BCUT2D eigenvalue weighted by Gasteiger charge is 2.44. The van der Waals surface area contributed by atoms with Gasteiger partial charge in [0.05, 0.1) is 396 Å². The summed E-state index contributed by atoms with van der Waals surface area (Å²) in [6.07, 6.45) is 9.38.